The highest BCUT2D eigenvalue weighted by atomic mass is 127. The van der Waals surface area contributed by atoms with E-state index in [1.54, 1.807) is 18.4 Å². The van der Waals surface area contributed by atoms with E-state index in [9.17, 15) is 0 Å². The summed E-state index contributed by atoms with van der Waals surface area (Å²) in [7, 11) is 3.54. The van der Waals surface area contributed by atoms with Gasteiger partial charge < -0.3 is 15.4 Å². The predicted octanol–water partition coefficient (Wildman–Crippen LogP) is 4.22. The van der Waals surface area contributed by atoms with Gasteiger partial charge in [-0.25, -0.2) is 4.98 Å². The summed E-state index contributed by atoms with van der Waals surface area (Å²) in [6, 6.07) is 6.28. The van der Waals surface area contributed by atoms with Crippen molar-refractivity contribution < 1.29 is 4.74 Å². The zero-order valence-electron chi connectivity index (χ0n) is 19.1. The average Bonchev–Trinajstić information content (AvgIpc) is 3.23. The van der Waals surface area contributed by atoms with Crippen LogP contribution in [0.5, 0.6) is 5.75 Å². The molecule has 0 saturated carbocycles. The molecule has 0 unspecified atom stereocenters. The molecule has 2 heterocycles. The van der Waals surface area contributed by atoms with E-state index in [4.69, 9.17) is 9.72 Å². The summed E-state index contributed by atoms with van der Waals surface area (Å²) in [5.41, 5.74) is 3.56. The summed E-state index contributed by atoms with van der Waals surface area (Å²) in [4.78, 5) is 11.6. The minimum Gasteiger partial charge on any atom is -0.496 e. The summed E-state index contributed by atoms with van der Waals surface area (Å²) in [5.74, 6) is 2.43. The SMILES string of the molecule is CCc1nc(CN2CCC(CNC(=NC)NCc3ccc(C)cc3OC)CC2)cs1.I. The standard InChI is InChI=1S/C23H35N5OS.HI/c1-5-22-27-20(16-30-22)15-28-10-8-18(9-11-28)13-25-23(24-3)26-14-19-7-6-17(2)12-21(19)29-4;/h6-7,12,16,18H,5,8-11,13-15H2,1-4H3,(H2,24,25,26);1H. The molecule has 0 amide bonds. The molecule has 1 saturated heterocycles. The van der Waals surface area contributed by atoms with Gasteiger partial charge in [0.05, 0.1) is 17.8 Å². The Labute approximate surface area is 207 Å². The van der Waals surface area contributed by atoms with Crippen molar-refractivity contribution in [2.75, 3.05) is 33.8 Å². The Hall–Kier alpha value is -1.39. The topological polar surface area (TPSA) is 61.8 Å². The molecule has 0 aliphatic carbocycles. The normalized spacial score (nSPS) is 15.4. The third kappa shape index (κ3) is 7.91. The van der Waals surface area contributed by atoms with E-state index in [0.717, 1.165) is 49.9 Å². The van der Waals surface area contributed by atoms with Crippen LogP contribution in [0.4, 0.5) is 0 Å². The molecule has 1 aromatic carbocycles. The zero-order chi connectivity index (χ0) is 21.3. The highest BCUT2D eigenvalue weighted by Crippen LogP contribution is 2.21. The van der Waals surface area contributed by atoms with Gasteiger partial charge in [-0.15, -0.1) is 35.3 Å². The van der Waals surface area contributed by atoms with Gasteiger partial charge in [0.1, 0.15) is 5.75 Å². The second kappa shape index (κ2) is 13.2. The number of aromatic nitrogens is 1. The molecule has 0 atom stereocenters. The first-order valence-electron chi connectivity index (χ1n) is 10.8. The number of likely N-dealkylation sites (tertiary alicyclic amines) is 1. The van der Waals surface area contributed by atoms with Crippen LogP contribution in [0.25, 0.3) is 0 Å². The number of rotatable bonds is 8. The molecule has 1 fully saturated rings. The molecule has 0 spiro atoms. The lowest BCUT2D eigenvalue weighted by Crippen LogP contribution is -2.42. The lowest BCUT2D eigenvalue weighted by atomic mass is 9.97. The van der Waals surface area contributed by atoms with Gasteiger partial charge in [0, 0.05) is 37.6 Å². The third-order valence-corrected chi connectivity index (χ3v) is 6.71. The fourth-order valence-corrected chi connectivity index (χ4v) is 4.54. The molecular formula is C23H36IN5OS. The van der Waals surface area contributed by atoms with Gasteiger partial charge in [0.2, 0.25) is 0 Å². The summed E-state index contributed by atoms with van der Waals surface area (Å²) in [6.45, 7) is 9.14. The maximum Gasteiger partial charge on any atom is 0.191 e. The fraction of sp³-hybridized carbons (Fsp3) is 0.565. The van der Waals surface area contributed by atoms with Crippen LogP contribution in [-0.2, 0) is 19.5 Å². The van der Waals surface area contributed by atoms with Gasteiger partial charge in [-0.1, -0.05) is 19.1 Å². The summed E-state index contributed by atoms with van der Waals surface area (Å²) in [5, 5.41) is 10.4. The van der Waals surface area contributed by atoms with Crippen molar-refractivity contribution in [3.63, 3.8) is 0 Å². The van der Waals surface area contributed by atoms with Crippen molar-refractivity contribution in [1.29, 1.82) is 0 Å². The Morgan fingerprint density at radius 2 is 2.06 bits per heavy atom. The largest absolute Gasteiger partial charge is 0.496 e. The molecule has 1 aliphatic heterocycles. The minimum absolute atomic E-state index is 0. The Morgan fingerprint density at radius 1 is 1.29 bits per heavy atom. The number of guanidine groups is 1. The second-order valence-corrected chi connectivity index (χ2v) is 8.87. The van der Waals surface area contributed by atoms with Crippen LogP contribution in [0.15, 0.2) is 28.6 Å². The van der Waals surface area contributed by atoms with Crippen molar-refractivity contribution in [2.45, 2.75) is 46.2 Å². The van der Waals surface area contributed by atoms with E-state index in [1.165, 1.54) is 29.1 Å². The van der Waals surface area contributed by atoms with Gasteiger partial charge in [-0.2, -0.15) is 0 Å². The Kier molecular flexibility index (Phi) is 11.0. The summed E-state index contributed by atoms with van der Waals surface area (Å²) >= 11 is 1.78. The lowest BCUT2D eigenvalue weighted by molar-refractivity contribution is 0.176. The maximum absolute atomic E-state index is 5.50. The minimum atomic E-state index is 0. The zero-order valence-corrected chi connectivity index (χ0v) is 22.3. The first-order valence-corrected chi connectivity index (χ1v) is 11.7. The molecule has 0 radical (unpaired) electrons. The molecule has 1 aliphatic rings. The average molecular weight is 558 g/mol. The number of benzene rings is 1. The number of thiazole rings is 1. The van der Waals surface area contributed by atoms with Crippen molar-refractivity contribution in [3.05, 3.63) is 45.4 Å². The molecule has 3 rings (SSSR count). The molecule has 2 N–H and O–H groups in total. The molecular weight excluding hydrogens is 521 g/mol. The Balaban J connectivity index is 0.00000341. The Bertz CT molecular complexity index is 833. The lowest BCUT2D eigenvalue weighted by Gasteiger charge is -2.31. The van der Waals surface area contributed by atoms with Gasteiger partial charge in [-0.3, -0.25) is 9.89 Å². The molecule has 31 heavy (non-hydrogen) atoms. The van der Waals surface area contributed by atoms with Gasteiger partial charge >= 0.3 is 0 Å². The number of hydrogen-bond donors (Lipinski definition) is 2. The van der Waals surface area contributed by atoms with Crippen LogP contribution >= 0.6 is 35.3 Å². The highest BCUT2D eigenvalue weighted by Gasteiger charge is 2.20. The van der Waals surface area contributed by atoms with Crippen molar-refractivity contribution >= 4 is 41.3 Å². The molecule has 2 aromatic rings. The first kappa shape index (κ1) is 25.9. The van der Waals surface area contributed by atoms with Gasteiger partial charge in [-0.05, 0) is 56.8 Å². The molecule has 1 aromatic heterocycles. The van der Waals surface area contributed by atoms with Crippen LogP contribution in [0.3, 0.4) is 0 Å². The van der Waals surface area contributed by atoms with Gasteiger partial charge in [0.25, 0.3) is 0 Å². The molecule has 8 heteroatoms. The van der Waals surface area contributed by atoms with Crippen LogP contribution in [-0.4, -0.2) is 49.6 Å². The third-order valence-electron chi connectivity index (χ3n) is 5.67. The van der Waals surface area contributed by atoms with E-state index in [1.807, 2.05) is 7.05 Å². The second-order valence-electron chi connectivity index (χ2n) is 7.93. The van der Waals surface area contributed by atoms with Crippen LogP contribution < -0.4 is 15.4 Å². The van der Waals surface area contributed by atoms with E-state index in [2.05, 4.69) is 58.0 Å². The summed E-state index contributed by atoms with van der Waals surface area (Å²) in [6.07, 6.45) is 3.45. The Morgan fingerprint density at radius 3 is 2.71 bits per heavy atom. The van der Waals surface area contributed by atoms with Crippen LogP contribution in [0, 0.1) is 12.8 Å². The number of piperidine rings is 1. The smallest absolute Gasteiger partial charge is 0.191 e. The number of nitrogens with zero attached hydrogens (tertiary/aromatic N) is 3. The number of nitrogens with one attached hydrogen (secondary N) is 2. The first-order chi connectivity index (χ1) is 14.6. The summed E-state index contributed by atoms with van der Waals surface area (Å²) < 4.78 is 5.50. The number of ether oxygens (including phenoxy) is 1. The van der Waals surface area contributed by atoms with Crippen molar-refractivity contribution in [1.82, 2.24) is 20.5 Å². The van der Waals surface area contributed by atoms with E-state index in [-0.39, 0.29) is 24.0 Å². The number of aliphatic imine (C=N–C) groups is 1. The number of methoxy groups -OCH3 is 1. The van der Waals surface area contributed by atoms with Crippen LogP contribution in [0.1, 0.15) is 41.6 Å². The quantitative estimate of drug-likeness (QED) is 0.289. The number of aryl methyl sites for hydroxylation is 2. The number of hydrogen-bond acceptors (Lipinski definition) is 5. The molecule has 172 valence electrons. The maximum atomic E-state index is 5.50. The predicted molar refractivity (Wildman–Crippen MR) is 141 cm³/mol. The van der Waals surface area contributed by atoms with Crippen molar-refractivity contribution in [3.8, 4) is 5.75 Å². The number of halogens is 1. The van der Waals surface area contributed by atoms with Crippen LogP contribution in [0.2, 0.25) is 0 Å². The monoisotopic (exact) mass is 557 g/mol. The van der Waals surface area contributed by atoms with Gasteiger partial charge in [0.15, 0.2) is 5.96 Å². The van der Waals surface area contributed by atoms with E-state index in [0.29, 0.717) is 12.5 Å². The molecule has 0 bridgehead atoms. The fourth-order valence-electron chi connectivity index (χ4n) is 3.80. The molecule has 6 nitrogen and oxygen atoms in total. The van der Waals surface area contributed by atoms with Crippen molar-refractivity contribution in [2.24, 2.45) is 10.9 Å². The van der Waals surface area contributed by atoms with E-state index >= 15 is 0 Å². The highest BCUT2D eigenvalue weighted by molar-refractivity contribution is 14.0. The van der Waals surface area contributed by atoms with E-state index < -0.39 is 0 Å².